The van der Waals surface area contributed by atoms with Crippen molar-refractivity contribution in [1.29, 1.82) is 0 Å². The van der Waals surface area contributed by atoms with Crippen LogP contribution in [0.4, 0.5) is 0 Å². The van der Waals surface area contributed by atoms with Crippen LogP contribution < -0.4 is 4.74 Å². The van der Waals surface area contributed by atoms with E-state index in [0.717, 1.165) is 37.1 Å². The molecule has 1 atom stereocenters. The minimum absolute atomic E-state index is 0.0660. The van der Waals surface area contributed by atoms with E-state index >= 15 is 0 Å². The van der Waals surface area contributed by atoms with E-state index in [2.05, 4.69) is 21.0 Å². The van der Waals surface area contributed by atoms with E-state index in [1.54, 1.807) is 14.0 Å². The lowest BCUT2D eigenvalue weighted by Crippen LogP contribution is -2.39. The summed E-state index contributed by atoms with van der Waals surface area (Å²) in [6, 6.07) is 8.05. The standard InChI is InChI=1S/C17H21N3O3/c1-12-15(19-23-18-12)11-17(21)20-9-4-3-8-16(20)13-6-5-7-14(10-13)22-2/h5-7,10,16H,3-4,8-9,11H2,1-2H3/t16-/m1/s1. The van der Waals surface area contributed by atoms with Crippen molar-refractivity contribution >= 4 is 5.91 Å². The van der Waals surface area contributed by atoms with Crippen molar-refractivity contribution in [2.45, 2.75) is 38.6 Å². The molecule has 1 aromatic carbocycles. The Kier molecular flexibility index (Phi) is 4.60. The van der Waals surface area contributed by atoms with Crippen LogP contribution in [0.2, 0.25) is 0 Å². The second-order valence-electron chi connectivity index (χ2n) is 5.85. The summed E-state index contributed by atoms with van der Waals surface area (Å²) in [5.74, 6) is 0.883. The summed E-state index contributed by atoms with van der Waals surface area (Å²) in [5, 5.41) is 7.56. The van der Waals surface area contributed by atoms with Gasteiger partial charge in [0.15, 0.2) is 0 Å². The van der Waals surface area contributed by atoms with Crippen molar-refractivity contribution in [3.8, 4) is 5.75 Å². The Bertz CT molecular complexity index is 683. The lowest BCUT2D eigenvalue weighted by Gasteiger charge is -2.36. The summed E-state index contributed by atoms with van der Waals surface area (Å²) in [7, 11) is 1.66. The van der Waals surface area contributed by atoms with Gasteiger partial charge in [0.25, 0.3) is 0 Å². The molecule has 6 heteroatoms. The van der Waals surface area contributed by atoms with Crippen molar-refractivity contribution in [2.24, 2.45) is 0 Å². The average molecular weight is 315 g/mol. The van der Waals surface area contributed by atoms with Crippen LogP contribution in [0.25, 0.3) is 0 Å². The molecule has 1 amide bonds. The molecule has 0 bridgehead atoms. The van der Waals surface area contributed by atoms with E-state index < -0.39 is 0 Å². The summed E-state index contributed by atoms with van der Waals surface area (Å²) in [4.78, 5) is 14.7. The summed E-state index contributed by atoms with van der Waals surface area (Å²) in [5.41, 5.74) is 2.41. The van der Waals surface area contributed by atoms with Gasteiger partial charge in [-0.15, -0.1) is 0 Å². The highest BCUT2D eigenvalue weighted by Crippen LogP contribution is 2.33. The Balaban J connectivity index is 1.80. The third-order valence-electron chi connectivity index (χ3n) is 4.37. The van der Waals surface area contributed by atoms with Crippen LogP contribution in [-0.2, 0) is 11.2 Å². The number of likely N-dealkylation sites (tertiary alicyclic amines) is 1. The number of carbonyl (C=O) groups is 1. The van der Waals surface area contributed by atoms with Gasteiger partial charge in [-0.05, 0) is 43.9 Å². The normalized spacial score (nSPS) is 18.0. The zero-order valence-corrected chi connectivity index (χ0v) is 13.5. The predicted octanol–water partition coefficient (Wildman–Crippen LogP) is 2.68. The van der Waals surface area contributed by atoms with E-state index in [1.165, 1.54) is 0 Å². The highest BCUT2D eigenvalue weighted by atomic mass is 16.6. The second kappa shape index (κ2) is 6.81. The summed E-state index contributed by atoms with van der Waals surface area (Å²) in [6.45, 7) is 2.57. The number of carbonyl (C=O) groups excluding carboxylic acids is 1. The van der Waals surface area contributed by atoms with Crippen LogP contribution in [-0.4, -0.2) is 34.8 Å². The number of amides is 1. The fourth-order valence-corrected chi connectivity index (χ4v) is 3.08. The topological polar surface area (TPSA) is 68.5 Å². The van der Waals surface area contributed by atoms with Crippen molar-refractivity contribution < 1.29 is 14.2 Å². The summed E-state index contributed by atoms with van der Waals surface area (Å²) in [6.07, 6.45) is 3.35. The molecule has 0 unspecified atom stereocenters. The number of aromatic nitrogens is 2. The van der Waals surface area contributed by atoms with Crippen LogP contribution in [0, 0.1) is 6.92 Å². The fraction of sp³-hybridized carbons (Fsp3) is 0.471. The molecule has 1 aliphatic rings. The van der Waals surface area contributed by atoms with Crippen LogP contribution in [0.3, 0.4) is 0 Å². The van der Waals surface area contributed by atoms with Gasteiger partial charge < -0.3 is 9.64 Å². The Morgan fingerprint density at radius 3 is 3.00 bits per heavy atom. The molecule has 2 heterocycles. The monoisotopic (exact) mass is 315 g/mol. The van der Waals surface area contributed by atoms with Gasteiger partial charge in [-0.1, -0.05) is 22.4 Å². The first-order valence-corrected chi connectivity index (χ1v) is 7.90. The molecular weight excluding hydrogens is 294 g/mol. The van der Waals surface area contributed by atoms with E-state index in [-0.39, 0.29) is 18.4 Å². The Morgan fingerprint density at radius 2 is 2.26 bits per heavy atom. The Hall–Kier alpha value is -2.37. The van der Waals surface area contributed by atoms with Gasteiger partial charge in [0.05, 0.1) is 19.6 Å². The lowest BCUT2D eigenvalue weighted by atomic mass is 9.94. The SMILES string of the molecule is COc1cccc([C@H]2CCCCN2C(=O)Cc2nonc2C)c1. The molecule has 1 aliphatic heterocycles. The second-order valence-corrected chi connectivity index (χ2v) is 5.85. The van der Waals surface area contributed by atoms with Crippen molar-refractivity contribution in [2.75, 3.05) is 13.7 Å². The molecule has 3 rings (SSSR count). The quantitative estimate of drug-likeness (QED) is 0.867. The zero-order valence-electron chi connectivity index (χ0n) is 13.5. The average Bonchev–Trinajstić information content (AvgIpc) is 2.99. The number of benzene rings is 1. The molecule has 0 N–H and O–H groups in total. The zero-order chi connectivity index (χ0) is 16.2. The maximum atomic E-state index is 12.7. The van der Waals surface area contributed by atoms with Crippen LogP contribution in [0.15, 0.2) is 28.9 Å². The maximum Gasteiger partial charge on any atom is 0.229 e. The van der Waals surface area contributed by atoms with E-state index in [9.17, 15) is 4.79 Å². The van der Waals surface area contributed by atoms with Gasteiger partial charge >= 0.3 is 0 Å². The van der Waals surface area contributed by atoms with Gasteiger partial charge in [0.2, 0.25) is 5.91 Å². The van der Waals surface area contributed by atoms with Crippen LogP contribution >= 0.6 is 0 Å². The molecule has 0 spiro atoms. The van der Waals surface area contributed by atoms with Crippen molar-refractivity contribution in [3.63, 3.8) is 0 Å². The molecule has 0 radical (unpaired) electrons. The van der Waals surface area contributed by atoms with E-state index in [0.29, 0.717) is 11.4 Å². The first kappa shape index (κ1) is 15.5. The van der Waals surface area contributed by atoms with Crippen molar-refractivity contribution in [3.05, 3.63) is 41.2 Å². The number of aryl methyl sites for hydroxylation is 1. The molecule has 1 aromatic heterocycles. The smallest absolute Gasteiger partial charge is 0.229 e. The number of methoxy groups -OCH3 is 1. The summed E-state index contributed by atoms with van der Waals surface area (Å²) >= 11 is 0. The molecule has 1 fully saturated rings. The first-order chi connectivity index (χ1) is 11.2. The van der Waals surface area contributed by atoms with Gasteiger partial charge in [0.1, 0.15) is 17.1 Å². The third kappa shape index (κ3) is 3.36. The number of piperidine rings is 1. The highest BCUT2D eigenvalue weighted by molar-refractivity contribution is 5.79. The fourth-order valence-electron chi connectivity index (χ4n) is 3.08. The van der Waals surface area contributed by atoms with E-state index in [1.807, 2.05) is 23.1 Å². The highest BCUT2D eigenvalue weighted by Gasteiger charge is 2.29. The summed E-state index contributed by atoms with van der Waals surface area (Å²) < 4.78 is 10.00. The lowest BCUT2D eigenvalue weighted by molar-refractivity contribution is -0.134. The van der Waals surface area contributed by atoms with Crippen LogP contribution in [0.5, 0.6) is 5.75 Å². The molecular formula is C17H21N3O3. The molecule has 0 saturated carbocycles. The number of hydrogen-bond acceptors (Lipinski definition) is 5. The maximum absolute atomic E-state index is 12.7. The molecule has 6 nitrogen and oxygen atoms in total. The minimum Gasteiger partial charge on any atom is -0.497 e. The number of hydrogen-bond donors (Lipinski definition) is 0. The largest absolute Gasteiger partial charge is 0.497 e. The molecule has 122 valence electrons. The van der Waals surface area contributed by atoms with E-state index in [4.69, 9.17) is 4.74 Å². The minimum atomic E-state index is 0.0660. The van der Waals surface area contributed by atoms with Gasteiger partial charge in [-0.3, -0.25) is 4.79 Å². The predicted molar refractivity (Wildman–Crippen MR) is 84.0 cm³/mol. The number of nitrogens with zero attached hydrogens (tertiary/aromatic N) is 3. The van der Waals surface area contributed by atoms with Crippen LogP contribution in [0.1, 0.15) is 42.3 Å². The van der Waals surface area contributed by atoms with Gasteiger partial charge in [-0.2, -0.15) is 0 Å². The Morgan fingerprint density at radius 1 is 1.39 bits per heavy atom. The molecule has 0 aliphatic carbocycles. The molecule has 1 saturated heterocycles. The third-order valence-corrected chi connectivity index (χ3v) is 4.37. The van der Waals surface area contributed by atoms with Gasteiger partial charge in [-0.25, -0.2) is 4.63 Å². The first-order valence-electron chi connectivity index (χ1n) is 7.90. The Labute approximate surface area is 135 Å². The van der Waals surface area contributed by atoms with Gasteiger partial charge in [0, 0.05) is 6.54 Å². The number of rotatable bonds is 4. The van der Waals surface area contributed by atoms with Crippen molar-refractivity contribution in [1.82, 2.24) is 15.2 Å². The molecule has 2 aromatic rings. The number of ether oxygens (including phenoxy) is 1. The molecule has 23 heavy (non-hydrogen) atoms.